The van der Waals surface area contributed by atoms with Gasteiger partial charge in [0.15, 0.2) is 0 Å². The third-order valence-electron chi connectivity index (χ3n) is 2.36. The number of aliphatic hydroxyl groups excluding tert-OH is 1. The average molecular weight is 297 g/mol. The number of rotatable bonds is 5. The molecule has 0 heterocycles. The topological polar surface area (TPSA) is 66.4 Å². The highest BCUT2D eigenvalue weighted by molar-refractivity contribution is 7.84. The lowest BCUT2D eigenvalue weighted by Gasteiger charge is -2.06. The zero-order chi connectivity index (χ0) is 15.0. The summed E-state index contributed by atoms with van der Waals surface area (Å²) in [7, 11) is -0.984. The van der Waals surface area contributed by atoms with Crippen molar-refractivity contribution in [3.05, 3.63) is 35.1 Å². The molecule has 0 aliphatic carbocycles. The molecular weight excluding hydrogens is 281 g/mol. The number of benzene rings is 1. The summed E-state index contributed by atoms with van der Waals surface area (Å²) < 4.78 is 24.1. The lowest BCUT2D eigenvalue weighted by atomic mass is 10.1. The zero-order valence-electron chi connectivity index (χ0n) is 11.1. The first kappa shape index (κ1) is 16.3. The minimum absolute atomic E-state index is 0.0911. The molecule has 0 bridgehead atoms. The molecule has 108 valence electrons. The van der Waals surface area contributed by atoms with Crippen LogP contribution in [0.3, 0.4) is 0 Å². The molecule has 0 aromatic heterocycles. The Morgan fingerprint density at radius 3 is 2.90 bits per heavy atom. The molecule has 0 spiro atoms. The van der Waals surface area contributed by atoms with Crippen molar-refractivity contribution < 1.29 is 18.5 Å². The van der Waals surface area contributed by atoms with Crippen LogP contribution >= 0.6 is 0 Å². The van der Waals surface area contributed by atoms with Crippen LogP contribution in [0.25, 0.3) is 0 Å². The van der Waals surface area contributed by atoms with Gasteiger partial charge in [0, 0.05) is 41.3 Å². The standard InChI is InChI=1S/C14H16FNO3S/c1-20(19)9-7-16-14(18)13-6-5-12(15)10-11(13)4-2-3-8-17/h5-6,10,17H,3,7-9H2,1H3,(H,16,18). The summed E-state index contributed by atoms with van der Waals surface area (Å²) in [6.07, 6.45) is 1.81. The van der Waals surface area contributed by atoms with E-state index in [1.165, 1.54) is 18.2 Å². The largest absolute Gasteiger partial charge is 0.395 e. The van der Waals surface area contributed by atoms with Crippen LogP contribution in [0.4, 0.5) is 4.39 Å². The minimum Gasteiger partial charge on any atom is -0.395 e. The van der Waals surface area contributed by atoms with Crippen LogP contribution in [0.5, 0.6) is 0 Å². The Morgan fingerprint density at radius 2 is 2.25 bits per heavy atom. The molecule has 6 heteroatoms. The Morgan fingerprint density at radius 1 is 1.50 bits per heavy atom. The van der Waals surface area contributed by atoms with Gasteiger partial charge in [-0.05, 0) is 18.2 Å². The van der Waals surface area contributed by atoms with E-state index < -0.39 is 16.6 Å². The quantitative estimate of drug-likeness (QED) is 0.785. The van der Waals surface area contributed by atoms with Gasteiger partial charge in [0.05, 0.1) is 12.2 Å². The molecule has 0 aliphatic rings. The molecule has 1 aromatic rings. The van der Waals surface area contributed by atoms with Crippen LogP contribution in [0, 0.1) is 17.7 Å². The first-order valence-corrected chi connectivity index (χ1v) is 7.75. The number of nitrogens with one attached hydrogen (secondary N) is 1. The highest BCUT2D eigenvalue weighted by Crippen LogP contribution is 2.10. The molecule has 1 amide bonds. The monoisotopic (exact) mass is 297 g/mol. The summed E-state index contributed by atoms with van der Waals surface area (Å²) >= 11 is 0. The van der Waals surface area contributed by atoms with E-state index in [0.717, 1.165) is 0 Å². The number of carbonyl (C=O) groups excluding carboxylic acids is 1. The van der Waals surface area contributed by atoms with Gasteiger partial charge < -0.3 is 10.4 Å². The summed E-state index contributed by atoms with van der Waals surface area (Å²) in [4.78, 5) is 11.9. The van der Waals surface area contributed by atoms with Gasteiger partial charge in [0.2, 0.25) is 0 Å². The highest BCUT2D eigenvalue weighted by atomic mass is 32.2. The van der Waals surface area contributed by atoms with Crippen molar-refractivity contribution in [2.75, 3.05) is 25.2 Å². The van der Waals surface area contributed by atoms with E-state index in [9.17, 15) is 13.4 Å². The summed E-state index contributed by atoms with van der Waals surface area (Å²) in [5.74, 6) is 4.81. The maximum atomic E-state index is 13.2. The summed E-state index contributed by atoms with van der Waals surface area (Å²) in [5.41, 5.74) is 0.535. The Labute approximate surface area is 119 Å². The van der Waals surface area contributed by atoms with Crippen molar-refractivity contribution in [2.45, 2.75) is 6.42 Å². The smallest absolute Gasteiger partial charge is 0.252 e. The van der Waals surface area contributed by atoms with E-state index in [-0.39, 0.29) is 36.6 Å². The Kier molecular flexibility index (Phi) is 6.91. The Bertz CT molecular complexity index is 563. The van der Waals surface area contributed by atoms with Crippen LogP contribution in [-0.2, 0) is 10.8 Å². The van der Waals surface area contributed by atoms with Gasteiger partial charge in [-0.25, -0.2) is 4.39 Å². The summed E-state index contributed by atoms with van der Waals surface area (Å²) in [5, 5.41) is 11.3. The van der Waals surface area contributed by atoms with Crippen molar-refractivity contribution in [3.63, 3.8) is 0 Å². The normalized spacial score (nSPS) is 11.3. The van der Waals surface area contributed by atoms with Crippen LogP contribution < -0.4 is 5.32 Å². The van der Waals surface area contributed by atoms with Crippen molar-refractivity contribution in [1.29, 1.82) is 0 Å². The van der Waals surface area contributed by atoms with Crippen LogP contribution in [0.15, 0.2) is 18.2 Å². The highest BCUT2D eigenvalue weighted by Gasteiger charge is 2.10. The summed E-state index contributed by atoms with van der Waals surface area (Å²) in [6, 6.07) is 3.72. The van der Waals surface area contributed by atoms with Gasteiger partial charge in [-0.3, -0.25) is 9.00 Å². The van der Waals surface area contributed by atoms with Gasteiger partial charge in [-0.1, -0.05) is 11.8 Å². The number of aliphatic hydroxyl groups is 1. The number of carbonyl (C=O) groups is 1. The van der Waals surface area contributed by atoms with E-state index in [1.807, 2.05) is 0 Å². The van der Waals surface area contributed by atoms with Gasteiger partial charge in [0.1, 0.15) is 5.82 Å². The number of amides is 1. The maximum Gasteiger partial charge on any atom is 0.252 e. The number of hydrogen-bond donors (Lipinski definition) is 2. The molecule has 0 radical (unpaired) electrons. The summed E-state index contributed by atoms with van der Waals surface area (Å²) in [6.45, 7) is 0.189. The molecule has 0 saturated carbocycles. The molecule has 4 nitrogen and oxygen atoms in total. The second kappa shape index (κ2) is 8.46. The van der Waals surface area contributed by atoms with Crippen molar-refractivity contribution >= 4 is 16.7 Å². The first-order chi connectivity index (χ1) is 9.54. The zero-order valence-corrected chi connectivity index (χ0v) is 11.9. The second-order valence-electron chi connectivity index (χ2n) is 4.00. The lowest BCUT2D eigenvalue weighted by Crippen LogP contribution is -2.28. The lowest BCUT2D eigenvalue weighted by molar-refractivity contribution is 0.0956. The predicted molar refractivity (Wildman–Crippen MR) is 76.2 cm³/mol. The molecule has 0 saturated heterocycles. The molecule has 0 aliphatic heterocycles. The Hall–Kier alpha value is -1.71. The predicted octanol–water partition coefficient (Wildman–Crippen LogP) is 0.668. The Balaban J connectivity index is 2.85. The fourth-order valence-electron chi connectivity index (χ4n) is 1.44. The van der Waals surface area contributed by atoms with Crippen molar-refractivity contribution in [2.24, 2.45) is 0 Å². The van der Waals surface area contributed by atoms with Crippen molar-refractivity contribution in [3.8, 4) is 11.8 Å². The molecule has 2 N–H and O–H groups in total. The van der Waals surface area contributed by atoms with E-state index in [2.05, 4.69) is 17.2 Å². The van der Waals surface area contributed by atoms with Crippen LogP contribution in [0.1, 0.15) is 22.3 Å². The minimum atomic E-state index is -0.984. The molecular formula is C14H16FNO3S. The molecule has 1 rings (SSSR count). The third kappa shape index (κ3) is 5.51. The van der Waals surface area contributed by atoms with Gasteiger partial charge >= 0.3 is 0 Å². The molecule has 1 unspecified atom stereocenters. The van der Waals surface area contributed by atoms with E-state index in [4.69, 9.17) is 5.11 Å². The van der Waals surface area contributed by atoms with Crippen LogP contribution in [-0.4, -0.2) is 40.4 Å². The van der Waals surface area contributed by atoms with Crippen molar-refractivity contribution in [1.82, 2.24) is 5.32 Å². The fourth-order valence-corrected chi connectivity index (χ4v) is 1.82. The first-order valence-electron chi connectivity index (χ1n) is 6.02. The maximum absolute atomic E-state index is 13.2. The van der Waals surface area contributed by atoms with Crippen LogP contribution in [0.2, 0.25) is 0 Å². The van der Waals surface area contributed by atoms with E-state index in [0.29, 0.717) is 5.75 Å². The molecule has 1 aromatic carbocycles. The number of halogens is 1. The fraction of sp³-hybridized carbons (Fsp3) is 0.357. The van der Waals surface area contributed by atoms with Gasteiger partial charge in [-0.15, -0.1) is 0 Å². The second-order valence-corrected chi connectivity index (χ2v) is 5.55. The molecule has 20 heavy (non-hydrogen) atoms. The number of hydrogen-bond acceptors (Lipinski definition) is 3. The molecule has 0 fully saturated rings. The molecule has 1 atom stereocenters. The van der Waals surface area contributed by atoms with Gasteiger partial charge in [0.25, 0.3) is 5.91 Å². The average Bonchev–Trinajstić information content (AvgIpc) is 2.38. The SMILES string of the molecule is CS(=O)CCNC(=O)c1ccc(F)cc1C#CCCO. The van der Waals surface area contributed by atoms with Gasteiger partial charge in [-0.2, -0.15) is 0 Å². The van der Waals surface area contributed by atoms with E-state index >= 15 is 0 Å². The van der Waals surface area contributed by atoms with E-state index in [1.54, 1.807) is 6.26 Å². The third-order valence-corrected chi connectivity index (χ3v) is 3.14.